The first-order chi connectivity index (χ1) is 8.60. The fourth-order valence-electron chi connectivity index (χ4n) is 2.48. The summed E-state index contributed by atoms with van der Waals surface area (Å²) in [6, 6.07) is 6.52. The molecule has 1 heterocycles. The molecule has 2 N–H and O–H groups in total. The number of likely N-dealkylation sites (N-methyl/N-ethyl adjacent to an activating group) is 1. The van der Waals surface area contributed by atoms with Gasteiger partial charge >= 0.3 is 0 Å². The number of nitrogens with zero attached hydrogens (tertiary/aromatic N) is 2. The van der Waals surface area contributed by atoms with Crippen LogP contribution in [0.3, 0.4) is 0 Å². The van der Waals surface area contributed by atoms with Gasteiger partial charge in [0, 0.05) is 44.0 Å². The Labute approximate surface area is 109 Å². The highest BCUT2D eigenvalue weighted by molar-refractivity contribution is 5.51. The minimum absolute atomic E-state index is 0.574. The molecule has 0 spiro atoms. The van der Waals surface area contributed by atoms with Crippen molar-refractivity contribution in [3.8, 4) is 5.75 Å². The van der Waals surface area contributed by atoms with Gasteiger partial charge in [0.15, 0.2) is 0 Å². The molecule has 1 saturated heterocycles. The van der Waals surface area contributed by atoms with Gasteiger partial charge < -0.3 is 15.4 Å². The Hall–Kier alpha value is -1.26. The smallest absolute Gasteiger partial charge is 0.120 e. The van der Waals surface area contributed by atoms with Gasteiger partial charge in [-0.15, -0.1) is 0 Å². The van der Waals surface area contributed by atoms with E-state index < -0.39 is 0 Å². The van der Waals surface area contributed by atoms with Crippen LogP contribution in [0.4, 0.5) is 5.69 Å². The predicted octanol–water partition coefficient (Wildman–Crippen LogP) is 1.41. The van der Waals surface area contributed by atoms with E-state index in [0.717, 1.165) is 37.6 Å². The maximum atomic E-state index is 6.07. The van der Waals surface area contributed by atoms with Crippen molar-refractivity contribution in [2.75, 3.05) is 39.5 Å². The van der Waals surface area contributed by atoms with Gasteiger partial charge in [-0.05, 0) is 25.6 Å². The minimum atomic E-state index is 0.574. The third-order valence-corrected chi connectivity index (χ3v) is 3.69. The van der Waals surface area contributed by atoms with Crippen LogP contribution in [-0.2, 0) is 6.54 Å². The molecule has 1 aromatic rings. The Kier molecular flexibility index (Phi) is 4.09. The third kappa shape index (κ3) is 2.94. The molecule has 0 bridgehead atoms. The van der Waals surface area contributed by atoms with E-state index in [0.29, 0.717) is 6.04 Å². The molecular weight excluding hydrogens is 226 g/mol. The van der Waals surface area contributed by atoms with Crippen molar-refractivity contribution < 1.29 is 4.74 Å². The lowest BCUT2D eigenvalue weighted by atomic mass is 10.1. The Bertz CT molecular complexity index is 408. The van der Waals surface area contributed by atoms with Crippen LogP contribution in [0.2, 0.25) is 0 Å². The maximum Gasteiger partial charge on any atom is 0.120 e. The zero-order chi connectivity index (χ0) is 13.1. The molecule has 0 amide bonds. The lowest BCUT2D eigenvalue weighted by molar-refractivity contribution is 0.0940. The first-order valence-electron chi connectivity index (χ1n) is 6.45. The summed E-state index contributed by atoms with van der Waals surface area (Å²) in [4.78, 5) is 4.86. The number of hydrogen-bond acceptors (Lipinski definition) is 4. The van der Waals surface area contributed by atoms with Crippen LogP contribution in [0.25, 0.3) is 0 Å². The molecule has 0 aromatic heterocycles. The molecule has 1 aromatic carbocycles. The van der Waals surface area contributed by atoms with Crippen LogP contribution in [-0.4, -0.2) is 49.6 Å². The fraction of sp³-hybridized carbons (Fsp3) is 0.571. The minimum Gasteiger partial charge on any atom is -0.497 e. The van der Waals surface area contributed by atoms with E-state index in [1.807, 2.05) is 12.1 Å². The average Bonchev–Trinajstić information content (AvgIpc) is 2.34. The summed E-state index contributed by atoms with van der Waals surface area (Å²) in [5.74, 6) is 0.822. The van der Waals surface area contributed by atoms with Crippen molar-refractivity contribution in [1.82, 2.24) is 9.80 Å². The van der Waals surface area contributed by atoms with E-state index in [2.05, 4.69) is 29.8 Å². The van der Waals surface area contributed by atoms with Crippen LogP contribution in [0.5, 0.6) is 5.75 Å². The number of methoxy groups -OCH3 is 1. The first kappa shape index (κ1) is 13.2. The van der Waals surface area contributed by atoms with Gasteiger partial charge in [0.25, 0.3) is 0 Å². The third-order valence-electron chi connectivity index (χ3n) is 3.69. The number of piperazine rings is 1. The molecule has 0 aliphatic carbocycles. The molecule has 1 unspecified atom stereocenters. The largest absolute Gasteiger partial charge is 0.497 e. The standard InChI is InChI=1S/C14H23N3O/c1-11-9-16(2)6-7-17(11)10-12-4-5-13(18-3)8-14(12)15/h4-5,8,11H,6-7,9-10,15H2,1-3H3. The van der Waals surface area contributed by atoms with Crippen LogP contribution in [0, 0.1) is 0 Å². The van der Waals surface area contributed by atoms with Gasteiger partial charge in [-0.3, -0.25) is 4.90 Å². The van der Waals surface area contributed by atoms with Crippen molar-refractivity contribution in [3.05, 3.63) is 23.8 Å². The molecule has 0 radical (unpaired) electrons. The molecule has 1 aliphatic rings. The molecule has 100 valence electrons. The molecular formula is C14H23N3O. The Morgan fingerprint density at radius 1 is 1.39 bits per heavy atom. The topological polar surface area (TPSA) is 41.7 Å². The second-order valence-corrected chi connectivity index (χ2v) is 5.15. The highest BCUT2D eigenvalue weighted by atomic mass is 16.5. The first-order valence-corrected chi connectivity index (χ1v) is 6.45. The summed E-state index contributed by atoms with van der Waals surface area (Å²) < 4.78 is 5.17. The molecule has 0 saturated carbocycles. The Morgan fingerprint density at radius 3 is 2.78 bits per heavy atom. The summed E-state index contributed by atoms with van der Waals surface area (Å²) >= 11 is 0. The lowest BCUT2D eigenvalue weighted by Crippen LogP contribution is -2.49. The van der Waals surface area contributed by atoms with E-state index in [9.17, 15) is 0 Å². The summed E-state index contributed by atoms with van der Waals surface area (Å²) in [5, 5.41) is 0. The number of ether oxygens (including phenoxy) is 1. The van der Waals surface area contributed by atoms with Crippen molar-refractivity contribution in [3.63, 3.8) is 0 Å². The predicted molar refractivity (Wildman–Crippen MR) is 74.8 cm³/mol. The van der Waals surface area contributed by atoms with Crippen LogP contribution >= 0.6 is 0 Å². The van der Waals surface area contributed by atoms with E-state index >= 15 is 0 Å². The zero-order valence-electron chi connectivity index (χ0n) is 11.5. The lowest BCUT2D eigenvalue weighted by Gasteiger charge is -2.38. The second kappa shape index (κ2) is 5.59. The van der Waals surface area contributed by atoms with Crippen LogP contribution in [0.1, 0.15) is 12.5 Å². The maximum absolute atomic E-state index is 6.07. The van der Waals surface area contributed by atoms with Crippen molar-refractivity contribution in [2.24, 2.45) is 0 Å². The van der Waals surface area contributed by atoms with Gasteiger partial charge in [0.2, 0.25) is 0 Å². The fourth-order valence-corrected chi connectivity index (χ4v) is 2.48. The SMILES string of the molecule is COc1ccc(CN2CCN(C)CC2C)c(N)c1. The van der Waals surface area contributed by atoms with E-state index in [-0.39, 0.29) is 0 Å². The van der Waals surface area contributed by atoms with Gasteiger partial charge in [-0.2, -0.15) is 0 Å². The number of nitrogens with two attached hydrogens (primary N) is 1. The van der Waals surface area contributed by atoms with Gasteiger partial charge in [0.05, 0.1) is 7.11 Å². The molecule has 4 heteroatoms. The summed E-state index contributed by atoms with van der Waals surface area (Å²) in [6.07, 6.45) is 0. The summed E-state index contributed by atoms with van der Waals surface area (Å²) in [6.45, 7) is 6.54. The van der Waals surface area contributed by atoms with E-state index in [4.69, 9.17) is 10.5 Å². The molecule has 1 aliphatic heterocycles. The quantitative estimate of drug-likeness (QED) is 0.823. The van der Waals surface area contributed by atoms with Crippen molar-refractivity contribution >= 4 is 5.69 Å². The number of nitrogen functional groups attached to an aromatic ring is 1. The Morgan fingerprint density at radius 2 is 2.17 bits per heavy atom. The molecule has 1 fully saturated rings. The molecule has 18 heavy (non-hydrogen) atoms. The summed E-state index contributed by atoms with van der Waals surface area (Å²) in [7, 11) is 3.84. The highest BCUT2D eigenvalue weighted by Crippen LogP contribution is 2.22. The van der Waals surface area contributed by atoms with Crippen LogP contribution < -0.4 is 10.5 Å². The van der Waals surface area contributed by atoms with E-state index in [1.54, 1.807) is 7.11 Å². The van der Waals surface area contributed by atoms with E-state index in [1.165, 1.54) is 5.56 Å². The number of hydrogen-bond donors (Lipinski definition) is 1. The molecule has 2 rings (SSSR count). The van der Waals surface area contributed by atoms with Crippen LogP contribution in [0.15, 0.2) is 18.2 Å². The van der Waals surface area contributed by atoms with Crippen molar-refractivity contribution in [2.45, 2.75) is 19.5 Å². The summed E-state index contributed by atoms with van der Waals surface area (Å²) in [5.41, 5.74) is 8.08. The molecule has 4 nitrogen and oxygen atoms in total. The molecule has 1 atom stereocenters. The van der Waals surface area contributed by atoms with Gasteiger partial charge in [-0.25, -0.2) is 0 Å². The zero-order valence-corrected chi connectivity index (χ0v) is 11.5. The Balaban J connectivity index is 2.05. The number of rotatable bonds is 3. The highest BCUT2D eigenvalue weighted by Gasteiger charge is 2.21. The van der Waals surface area contributed by atoms with Gasteiger partial charge in [0.1, 0.15) is 5.75 Å². The average molecular weight is 249 g/mol. The number of benzene rings is 1. The number of anilines is 1. The van der Waals surface area contributed by atoms with Gasteiger partial charge in [-0.1, -0.05) is 6.07 Å². The van der Waals surface area contributed by atoms with Crippen molar-refractivity contribution in [1.29, 1.82) is 0 Å². The monoisotopic (exact) mass is 249 g/mol. The second-order valence-electron chi connectivity index (χ2n) is 5.15. The normalized spacial score (nSPS) is 22.1.